The third-order valence-electron chi connectivity index (χ3n) is 5.91. The number of rotatable bonds is 7. The molecule has 2 aromatic rings. The normalized spacial score (nSPS) is 18.1. The molecule has 158 valence electrons. The molecule has 1 fully saturated rings. The fourth-order valence-corrected chi connectivity index (χ4v) is 5.65. The van der Waals surface area contributed by atoms with Crippen LogP contribution in [0.4, 0.5) is 0 Å². The first-order chi connectivity index (χ1) is 13.7. The minimum atomic E-state index is -2.96. The molecule has 1 aliphatic rings. The van der Waals surface area contributed by atoms with E-state index < -0.39 is 9.84 Å². The van der Waals surface area contributed by atoms with Crippen LogP contribution in [-0.2, 0) is 34.0 Å². The maximum Gasteiger partial charge on any atom is 0.222 e. The molecule has 1 aromatic heterocycles. The Balaban J connectivity index is 1.62. The minimum absolute atomic E-state index is 0.0968. The molecule has 1 aliphatic heterocycles. The molecule has 2 heterocycles. The average Bonchev–Trinajstić information content (AvgIpc) is 3.19. The summed E-state index contributed by atoms with van der Waals surface area (Å²) in [5.41, 5.74) is 5.31. The van der Waals surface area contributed by atoms with Gasteiger partial charge >= 0.3 is 0 Å². The molecule has 0 N–H and O–H groups in total. The highest BCUT2D eigenvalue weighted by atomic mass is 32.2. The third-order valence-corrected chi connectivity index (χ3v) is 7.66. The zero-order valence-corrected chi connectivity index (χ0v) is 18.6. The smallest absolute Gasteiger partial charge is 0.222 e. The van der Waals surface area contributed by atoms with Crippen molar-refractivity contribution in [2.75, 3.05) is 18.6 Å². The summed E-state index contributed by atoms with van der Waals surface area (Å²) in [7, 11) is -1.15. The van der Waals surface area contributed by atoms with E-state index >= 15 is 0 Å². The largest absolute Gasteiger partial charge is 0.341 e. The second-order valence-electron chi connectivity index (χ2n) is 8.07. The molecular formula is C22H31N3O3S. The van der Waals surface area contributed by atoms with E-state index in [0.29, 0.717) is 19.4 Å². The van der Waals surface area contributed by atoms with Crippen molar-refractivity contribution in [3.05, 3.63) is 52.3 Å². The molecule has 0 spiro atoms. The Morgan fingerprint density at radius 2 is 1.86 bits per heavy atom. The van der Waals surface area contributed by atoms with Gasteiger partial charge in [0.25, 0.3) is 0 Å². The van der Waals surface area contributed by atoms with Crippen LogP contribution < -0.4 is 0 Å². The Labute approximate surface area is 173 Å². The van der Waals surface area contributed by atoms with Crippen molar-refractivity contribution in [3.63, 3.8) is 0 Å². The summed E-state index contributed by atoms with van der Waals surface area (Å²) in [5, 5.41) is 4.59. The van der Waals surface area contributed by atoms with Crippen LogP contribution in [0.3, 0.4) is 0 Å². The predicted molar refractivity (Wildman–Crippen MR) is 115 cm³/mol. The summed E-state index contributed by atoms with van der Waals surface area (Å²) < 4.78 is 25.5. The van der Waals surface area contributed by atoms with Crippen LogP contribution >= 0.6 is 0 Å². The van der Waals surface area contributed by atoms with Gasteiger partial charge in [-0.05, 0) is 44.2 Å². The van der Waals surface area contributed by atoms with Crippen molar-refractivity contribution in [1.29, 1.82) is 0 Å². The van der Waals surface area contributed by atoms with Gasteiger partial charge < -0.3 is 4.90 Å². The van der Waals surface area contributed by atoms with E-state index in [1.807, 2.05) is 25.6 Å². The lowest BCUT2D eigenvalue weighted by molar-refractivity contribution is -0.130. The van der Waals surface area contributed by atoms with E-state index in [-0.39, 0.29) is 23.5 Å². The summed E-state index contributed by atoms with van der Waals surface area (Å²) >= 11 is 0. The zero-order chi connectivity index (χ0) is 21.2. The number of sulfone groups is 1. The van der Waals surface area contributed by atoms with Gasteiger partial charge in [-0.3, -0.25) is 9.48 Å². The summed E-state index contributed by atoms with van der Waals surface area (Å²) in [5.74, 6) is 0.475. The first kappa shape index (κ1) is 21.6. The first-order valence-corrected chi connectivity index (χ1v) is 12.1. The van der Waals surface area contributed by atoms with Gasteiger partial charge in [0.05, 0.1) is 23.2 Å². The van der Waals surface area contributed by atoms with Gasteiger partial charge in [-0.15, -0.1) is 0 Å². The summed E-state index contributed by atoms with van der Waals surface area (Å²) in [6.07, 6.45) is 2.82. The zero-order valence-electron chi connectivity index (χ0n) is 17.8. The van der Waals surface area contributed by atoms with Crippen molar-refractivity contribution >= 4 is 15.7 Å². The van der Waals surface area contributed by atoms with Gasteiger partial charge in [-0.1, -0.05) is 31.2 Å². The van der Waals surface area contributed by atoms with Crippen LogP contribution in [0.15, 0.2) is 24.3 Å². The van der Waals surface area contributed by atoms with Gasteiger partial charge in [0.15, 0.2) is 9.84 Å². The number of aryl methyl sites for hydroxylation is 3. The van der Waals surface area contributed by atoms with Gasteiger partial charge in [0, 0.05) is 31.3 Å². The Hall–Kier alpha value is -2.15. The number of aromatic nitrogens is 2. The third kappa shape index (κ3) is 5.07. The molecule has 1 saturated heterocycles. The lowest BCUT2D eigenvalue weighted by Crippen LogP contribution is -2.27. The molecule has 7 heteroatoms. The van der Waals surface area contributed by atoms with E-state index in [1.165, 1.54) is 11.1 Å². The van der Waals surface area contributed by atoms with Crippen molar-refractivity contribution in [2.45, 2.75) is 59.0 Å². The summed E-state index contributed by atoms with van der Waals surface area (Å²) in [4.78, 5) is 14.4. The molecule has 29 heavy (non-hydrogen) atoms. The summed E-state index contributed by atoms with van der Waals surface area (Å²) in [6, 6.07) is 8.33. The number of carbonyl (C=O) groups excluding carboxylic acids is 1. The Morgan fingerprint density at radius 3 is 2.45 bits per heavy atom. The van der Waals surface area contributed by atoms with Crippen molar-refractivity contribution in [3.8, 4) is 0 Å². The van der Waals surface area contributed by atoms with Crippen molar-refractivity contribution in [2.24, 2.45) is 0 Å². The van der Waals surface area contributed by atoms with Crippen LogP contribution in [0.5, 0.6) is 0 Å². The maximum absolute atomic E-state index is 12.6. The highest BCUT2D eigenvalue weighted by molar-refractivity contribution is 7.91. The molecule has 1 amide bonds. The maximum atomic E-state index is 12.6. The van der Waals surface area contributed by atoms with E-state index in [0.717, 1.165) is 29.8 Å². The molecule has 0 bridgehead atoms. The fourth-order valence-electron chi connectivity index (χ4n) is 3.96. The number of hydrogen-bond acceptors (Lipinski definition) is 4. The Morgan fingerprint density at radius 1 is 1.21 bits per heavy atom. The number of hydrogen-bond donors (Lipinski definition) is 0. The lowest BCUT2D eigenvalue weighted by Gasteiger charge is -2.18. The Bertz CT molecular complexity index is 977. The highest BCUT2D eigenvalue weighted by Crippen LogP contribution is 2.27. The second kappa shape index (κ2) is 8.69. The minimum Gasteiger partial charge on any atom is -0.341 e. The molecule has 0 aliphatic carbocycles. The van der Waals surface area contributed by atoms with E-state index in [1.54, 1.807) is 4.90 Å². The molecule has 1 atom stereocenters. The van der Waals surface area contributed by atoms with Crippen molar-refractivity contribution < 1.29 is 13.2 Å². The molecule has 6 nitrogen and oxygen atoms in total. The fraction of sp³-hybridized carbons (Fsp3) is 0.545. The number of nitrogens with zero attached hydrogens (tertiary/aromatic N) is 3. The Kier molecular flexibility index (Phi) is 6.46. The number of carbonyl (C=O) groups is 1. The van der Waals surface area contributed by atoms with Gasteiger partial charge in [-0.25, -0.2) is 8.42 Å². The molecular weight excluding hydrogens is 386 g/mol. The van der Waals surface area contributed by atoms with Crippen LogP contribution in [0.25, 0.3) is 0 Å². The predicted octanol–water partition coefficient (Wildman–Crippen LogP) is 3.01. The lowest BCUT2D eigenvalue weighted by atomic mass is 10.1. The van der Waals surface area contributed by atoms with Gasteiger partial charge in [-0.2, -0.15) is 5.10 Å². The van der Waals surface area contributed by atoms with Crippen molar-refractivity contribution in [1.82, 2.24) is 14.7 Å². The molecule has 0 saturated carbocycles. The molecule has 3 rings (SSSR count). The van der Waals surface area contributed by atoms with E-state index in [4.69, 9.17) is 0 Å². The molecule has 0 unspecified atom stereocenters. The van der Waals surface area contributed by atoms with E-state index in [9.17, 15) is 13.2 Å². The van der Waals surface area contributed by atoms with Crippen LogP contribution in [0, 0.1) is 13.8 Å². The van der Waals surface area contributed by atoms with Crippen LogP contribution in [-0.4, -0.2) is 47.6 Å². The quantitative estimate of drug-likeness (QED) is 0.694. The topological polar surface area (TPSA) is 72.3 Å². The average molecular weight is 418 g/mol. The molecule has 0 radical (unpaired) electrons. The SMILES string of the molecule is CCc1ccc(CCC(=O)N(C)Cc2c(C)nn([C@H]3CCS(=O)(=O)C3)c2C)cc1. The summed E-state index contributed by atoms with van der Waals surface area (Å²) in [6.45, 7) is 6.51. The number of amides is 1. The van der Waals surface area contributed by atoms with Gasteiger partial charge in [0.2, 0.25) is 5.91 Å². The monoisotopic (exact) mass is 417 g/mol. The van der Waals surface area contributed by atoms with Crippen LogP contribution in [0.2, 0.25) is 0 Å². The molecule has 1 aromatic carbocycles. The highest BCUT2D eigenvalue weighted by Gasteiger charge is 2.31. The number of benzene rings is 1. The van der Waals surface area contributed by atoms with E-state index in [2.05, 4.69) is 36.3 Å². The first-order valence-electron chi connectivity index (χ1n) is 10.3. The van der Waals surface area contributed by atoms with Crippen LogP contribution in [0.1, 0.15) is 53.9 Å². The van der Waals surface area contributed by atoms with Gasteiger partial charge in [0.1, 0.15) is 0 Å². The standard InChI is InChI=1S/C22H31N3O3S/c1-5-18-6-8-19(9-7-18)10-11-22(26)24(4)14-21-16(2)23-25(17(21)3)20-12-13-29(27,28)15-20/h6-9,20H,5,10-15H2,1-4H3/t20-/m0/s1. The second-order valence-corrected chi connectivity index (χ2v) is 10.3.